The molecule has 0 atom stereocenters. The molecule has 2 aromatic heterocycles. The van der Waals surface area contributed by atoms with E-state index in [9.17, 15) is 9.59 Å². The Kier molecular flexibility index (Phi) is 12.0. The van der Waals surface area contributed by atoms with E-state index in [-0.39, 0.29) is 29.8 Å². The predicted octanol–water partition coefficient (Wildman–Crippen LogP) is 7.51. The third-order valence-corrected chi connectivity index (χ3v) is 8.28. The number of aromatic carboxylic acids is 1. The van der Waals surface area contributed by atoms with Crippen molar-refractivity contribution in [2.45, 2.75) is 12.8 Å². The number of carbonyl (C=O) groups is 2. The summed E-state index contributed by atoms with van der Waals surface area (Å²) in [5.74, 6) is -1.86. The lowest BCUT2D eigenvalue weighted by atomic mass is 9.96. The number of carbonyl (C=O) groups excluding carboxylic acids is 1. The van der Waals surface area contributed by atoms with Crippen molar-refractivity contribution >= 4 is 11.9 Å². The Morgan fingerprint density at radius 3 is 1.48 bits per heavy atom. The van der Waals surface area contributed by atoms with Crippen molar-refractivity contribution in [1.29, 1.82) is 10.5 Å². The zero-order valence-corrected chi connectivity index (χ0v) is 29.0. The van der Waals surface area contributed by atoms with Crippen LogP contribution in [0.1, 0.15) is 54.4 Å². The van der Waals surface area contributed by atoms with Crippen LogP contribution in [0.4, 0.5) is 8.78 Å². The number of hydrogen-bond acceptors (Lipinski definition) is 8. The lowest BCUT2D eigenvalue weighted by Crippen LogP contribution is -2.12. The molecule has 6 rings (SSSR count). The highest BCUT2D eigenvalue weighted by Crippen LogP contribution is 2.37. The number of ether oxygens (including phenoxy) is 2. The summed E-state index contributed by atoms with van der Waals surface area (Å²) in [4.78, 5) is 29.8. The van der Waals surface area contributed by atoms with Gasteiger partial charge in [0.25, 0.3) is 5.91 Å². The monoisotopic (exact) mass is 723 g/mol. The maximum atomic E-state index is 15.3. The number of pyridine rings is 2. The fourth-order valence-electron chi connectivity index (χ4n) is 5.61. The Bertz CT molecular complexity index is 2250. The number of halogens is 2. The van der Waals surface area contributed by atoms with Crippen LogP contribution in [0.15, 0.2) is 109 Å². The molecule has 3 N–H and O–H groups in total. The lowest BCUT2D eigenvalue weighted by molar-refractivity contribution is 0.0690. The fraction of sp³-hybridized carbons (Fsp3) is 0.0952. The maximum absolute atomic E-state index is 15.3. The first-order valence-electron chi connectivity index (χ1n) is 16.2. The Labute approximate surface area is 309 Å². The van der Waals surface area contributed by atoms with E-state index in [4.69, 9.17) is 30.8 Å². The van der Waals surface area contributed by atoms with E-state index in [1.807, 2.05) is 6.07 Å². The molecule has 0 aliphatic heterocycles. The van der Waals surface area contributed by atoms with Crippen molar-refractivity contribution in [2.24, 2.45) is 5.73 Å². The molecule has 268 valence electrons. The summed E-state index contributed by atoms with van der Waals surface area (Å²) in [5, 5.41) is 27.1. The average molecular weight is 724 g/mol. The molecule has 2 heterocycles. The number of hydrogen-bond donors (Lipinski definition) is 2. The van der Waals surface area contributed by atoms with Crippen LogP contribution in [0, 0.1) is 34.3 Å². The normalized spacial score (nSPS) is 10.3. The zero-order chi connectivity index (χ0) is 38.8. The van der Waals surface area contributed by atoms with Crippen LogP contribution in [-0.4, -0.2) is 41.2 Å². The van der Waals surface area contributed by atoms with Gasteiger partial charge in [-0.2, -0.15) is 10.5 Å². The molecule has 54 heavy (non-hydrogen) atoms. The molecule has 0 radical (unpaired) electrons. The van der Waals surface area contributed by atoms with Crippen LogP contribution in [0.5, 0.6) is 11.5 Å². The summed E-state index contributed by atoms with van der Waals surface area (Å²) in [5.41, 5.74) is 10.1. The van der Waals surface area contributed by atoms with Gasteiger partial charge in [-0.3, -0.25) is 9.78 Å². The van der Waals surface area contributed by atoms with E-state index in [0.29, 0.717) is 56.0 Å². The second-order valence-corrected chi connectivity index (χ2v) is 11.7. The summed E-state index contributed by atoms with van der Waals surface area (Å²) >= 11 is 0. The molecule has 0 aliphatic rings. The summed E-state index contributed by atoms with van der Waals surface area (Å²) in [6, 6.07) is 30.3. The summed E-state index contributed by atoms with van der Waals surface area (Å²) in [6.07, 6.45) is 3.45. The number of amides is 1. The van der Waals surface area contributed by atoms with E-state index < -0.39 is 23.5 Å². The van der Waals surface area contributed by atoms with E-state index in [1.54, 1.807) is 84.9 Å². The van der Waals surface area contributed by atoms with Crippen molar-refractivity contribution in [1.82, 2.24) is 9.97 Å². The van der Waals surface area contributed by atoms with Gasteiger partial charge >= 0.3 is 5.97 Å². The largest absolute Gasteiger partial charge is 0.496 e. The van der Waals surface area contributed by atoms with Gasteiger partial charge in [-0.1, -0.05) is 48.5 Å². The number of carboxylic acid groups (broad SMARTS) is 1. The minimum Gasteiger partial charge on any atom is -0.496 e. The molecule has 10 nitrogen and oxygen atoms in total. The maximum Gasteiger partial charge on any atom is 0.354 e. The van der Waals surface area contributed by atoms with Crippen molar-refractivity contribution in [3.63, 3.8) is 0 Å². The van der Waals surface area contributed by atoms with E-state index in [0.717, 1.165) is 5.56 Å². The Hall–Kier alpha value is -7.44. The number of primary amides is 1. The van der Waals surface area contributed by atoms with Crippen LogP contribution in [0.2, 0.25) is 0 Å². The molecule has 0 aliphatic carbocycles. The first kappa shape index (κ1) is 37.8. The van der Waals surface area contributed by atoms with Gasteiger partial charge in [0.15, 0.2) is 0 Å². The van der Waals surface area contributed by atoms with Crippen LogP contribution in [-0.2, 0) is 12.8 Å². The molecule has 0 spiro atoms. The van der Waals surface area contributed by atoms with Crippen LogP contribution in [0.3, 0.4) is 0 Å². The lowest BCUT2D eigenvalue weighted by Gasteiger charge is -2.14. The summed E-state index contributed by atoms with van der Waals surface area (Å²) in [7, 11) is 2.93. The van der Waals surface area contributed by atoms with E-state index >= 15 is 8.78 Å². The zero-order valence-electron chi connectivity index (χ0n) is 29.0. The number of benzene rings is 4. The second kappa shape index (κ2) is 17.2. The van der Waals surface area contributed by atoms with Gasteiger partial charge in [0, 0.05) is 25.2 Å². The highest BCUT2D eigenvalue weighted by Gasteiger charge is 2.19. The quantitative estimate of drug-likeness (QED) is 0.145. The number of nitrogens with two attached hydrogens (primary N) is 1. The average Bonchev–Trinajstić information content (AvgIpc) is 3.19. The Balaban J connectivity index is 0.000000208. The number of rotatable bonds is 10. The second-order valence-electron chi connectivity index (χ2n) is 11.7. The molecule has 4 aromatic carbocycles. The molecular weight excluding hydrogens is 692 g/mol. The molecule has 0 fully saturated rings. The minimum absolute atomic E-state index is 0.0667. The number of methoxy groups -OCH3 is 2. The topological polar surface area (TPSA) is 172 Å². The van der Waals surface area contributed by atoms with Gasteiger partial charge < -0.3 is 20.3 Å². The van der Waals surface area contributed by atoms with Gasteiger partial charge in [0.2, 0.25) is 0 Å². The van der Waals surface area contributed by atoms with Crippen molar-refractivity contribution in [3.05, 3.63) is 166 Å². The van der Waals surface area contributed by atoms with Crippen molar-refractivity contribution in [3.8, 4) is 45.9 Å². The Morgan fingerprint density at radius 2 is 1.13 bits per heavy atom. The van der Waals surface area contributed by atoms with E-state index in [1.165, 1.54) is 38.7 Å². The number of aromatic nitrogens is 2. The van der Waals surface area contributed by atoms with Crippen LogP contribution in [0.25, 0.3) is 22.3 Å². The molecule has 0 unspecified atom stereocenters. The molecule has 1 amide bonds. The third-order valence-electron chi connectivity index (χ3n) is 8.28. The van der Waals surface area contributed by atoms with Crippen molar-refractivity contribution < 1.29 is 33.0 Å². The third kappa shape index (κ3) is 8.70. The molecule has 0 bridgehead atoms. The SMILES string of the molecule is COc1ccc(Cc2ccc(C(=O)O)nc2)c(F)c1-c1cccc(C#N)c1.COc1ccc(Cc2ccc(C(N)=O)nc2)c(F)c1-c1cccc(C#N)c1. The van der Waals surface area contributed by atoms with Crippen LogP contribution < -0.4 is 15.2 Å². The van der Waals surface area contributed by atoms with Gasteiger partial charge in [-0.05, 0) is 81.9 Å². The number of nitrogens with zero attached hydrogens (tertiary/aromatic N) is 4. The summed E-state index contributed by atoms with van der Waals surface area (Å²) < 4.78 is 41.1. The van der Waals surface area contributed by atoms with Gasteiger partial charge in [-0.15, -0.1) is 0 Å². The van der Waals surface area contributed by atoms with Gasteiger partial charge in [-0.25, -0.2) is 18.6 Å². The molecule has 0 saturated heterocycles. The Morgan fingerprint density at radius 1 is 0.685 bits per heavy atom. The fourth-order valence-corrected chi connectivity index (χ4v) is 5.61. The molecular formula is C42H31F2N5O5. The highest BCUT2D eigenvalue weighted by molar-refractivity contribution is 5.90. The standard InChI is InChI=1S/C21H16FN3O2.C21H15FN2O3/c1-27-18-8-6-16(10-14-5-7-17(21(24)26)25-12-14)20(22)19(18)15-4-2-3-13(9-15)11-23;1-27-18-8-6-16(10-14-5-7-17(21(25)26)24-12-14)20(22)19(18)15-4-2-3-13(9-15)11-23/h2-9,12H,10H2,1H3,(H2,24,26);2-9,12H,10H2,1H3,(H,25,26). The number of nitriles is 2. The first-order chi connectivity index (χ1) is 26.1. The molecule has 12 heteroatoms. The number of carboxylic acids is 1. The van der Waals surface area contributed by atoms with Gasteiger partial charge in [0.05, 0.1) is 48.6 Å². The molecule has 0 saturated carbocycles. The summed E-state index contributed by atoms with van der Waals surface area (Å²) in [6.45, 7) is 0. The van der Waals surface area contributed by atoms with Gasteiger partial charge in [0.1, 0.15) is 34.5 Å². The first-order valence-corrected chi connectivity index (χ1v) is 16.2. The van der Waals surface area contributed by atoms with Crippen LogP contribution >= 0.6 is 0 Å². The predicted molar refractivity (Wildman–Crippen MR) is 196 cm³/mol. The van der Waals surface area contributed by atoms with E-state index in [2.05, 4.69) is 16.0 Å². The smallest absolute Gasteiger partial charge is 0.354 e. The molecule has 6 aromatic rings. The highest BCUT2D eigenvalue weighted by atomic mass is 19.1. The van der Waals surface area contributed by atoms with Crippen molar-refractivity contribution in [2.75, 3.05) is 14.2 Å². The minimum atomic E-state index is -1.11.